The molecule has 0 saturated heterocycles. The Morgan fingerprint density at radius 2 is 1.56 bits per heavy atom. The summed E-state index contributed by atoms with van der Waals surface area (Å²) in [6, 6.07) is 0. The fraction of sp³-hybridized carbons (Fsp3) is 0.857. The molecule has 0 amide bonds. The highest BCUT2D eigenvalue weighted by Gasteiger charge is 2.44. The van der Waals surface area contributed by atoms with Crippen molar-refractivity contribution in [2.75, 3.05) is 0 Å². The molecule has 0 unspecified atom stereocenters. The maximum absolute atomic E-state index is 10.9. The Hall–Kier alpha value is -0.740. The molecular weight excluding hydrogens is 230 g/mol. The number of aliphatic hydroxyl groups excluding tert-OH is 1. The molecule has 1 spiro atoms. The number of carbonyl (C=O) groups is 2. The largest absolute Gasteiger partial charge is 0.393 e. The van der Waals surface area contributed by atoms with Crippen LogP contribution in [0.2, 0.25) is 0 Å². The van der Waals surface area contributed by atoms with Crippen LogP contribution >= 0.6 is 0 Å². The minimum atomic E-state index is -0.0665. The van der Waals surface area contributed by atoms with Gasteiger partial charge >= 0.3 is 0 Å². The number of hydrogen-bond donors (Lipinski definition) is 2. The van der Waals surface area contributed by atoms with Crippen molar-refractivity contribution in [1.82, 2.24) is 0 Å². The van der Waals surface area contributed by atoms with Crippen molar-refractivity contribution in [3.8, 4) is 0 Å². The molecule has 0 aliphatic heterocycles. The quantitative estimate of drug-likeness (QED) is 0.693. The predicted molar refractivity (Wildman–Crippen MR) is 72.2 cm³/mol. The Bertz CT molecular complexity index is 247. The lowest BCUT2D eigenvalue weighted by molar-refractivity contribution is -0.127. The fourth-order valence-electron chi connectivity index (χ4n) is 2.41. The van der Waals surface area contributed by atoms with Crippen LogP contribution in [-0.2, 0) is 9.59 Å². The number of carbonyl (C=O) groups excluding carboxylic acids is 2. The van der Waals surface area contributed by atoms with Crippen molar-refractivity contribution < 1.29 is 14.7 Å². The molecule has 2 fully saturated rings. The van der Waals surface area contributed by atoms with Crippen molar-refractivity contribution in [3.05, 3.63) is 0 Å². The Morgan fingerprint density at radius 3 is 1.83 bits per heavy atom. The minimum absolute atomic E-state index is 0. The van der Waals surface area contributed by atoms with Crippen LogP contribution in [0.15, 0.2) is 0 Å². The van der Waals surface area contributed by atoms with E-state index < -0.39 is 0 Å². The number of Topliss-reactive ketones (excluding diaryl/α,β-unsaturated/α-hetero) is 1. The molecule has 3 N–H and O–H groups in total. The zero-order valence-electron chi connectivity index (χ0n) is 11.9. The van der Waals surface area contributed by atoms with Crippen LogP contribution in [0.25, 0.3) is 0 Å². The lowest BCUT2D eigenvalue weighted by atomic mass is 9.59. The van der Waals surface area contributed by atoms with Crippen LogP contribution in [0.1, 0.15) is 59.3 Å². The molecule has 0 aromatic heterocycles. The third-order valence-corrected chi connectivity index (χ3v) is 3.21. The molecule has 0 radical (unpaired) electrons. The molecule has 2 aliphatic carbocycles. The van der Waals surface area contributed by atoms with E-state index in [-0.39, 0.29) is 11.6 Å². The Kier molecular flexibility index (Phi) is 6.71. The minimum Gasteiger partial charge on any atom is -0.393 e. The smallest absolute Gasteiger partial charge is 0.132 e. The van der Waals surface area contributed by atoms with Gasteiger partial charge in [0.1, 0.15) is 12.6 Å². The van der Waals surface area contributed by atoms with Gasteiger partial charge in [0.05, 0.1) is 6.10 Å². The summed E-state index contributed by atoms with van der Waals surface area (Å²) in [6.45, 7) is 7.90. The molecule has 2 aliphatic rings. The monoisotopic (exact) mass is 257 g/mol. The lowest BCUT2D eigenvalue weighted by Crippen LogP contribution is -2.43. The van der Waals surface area contributed by atoms with Crippen LogP contribution in [0.3, 0.4) is 0 Å². The standard InChI is InChI=1S/C9H14O2.C4H11N.CH2O/c10-7-1-3-9(4-2-7)5-8(11)6-9;1-4(2,3)5;1-2/h8,11H,1-6H2;5H2,1-3H3;1H2. The highest BCUT2D eigenvalue weighted by atomic mass is 16.3. The van der Waals surface area contributed by atoms with Gasteiger partial charge in [-0.3, -0.25) is 4.79 Å². The first-order valence-corrected chi connectivity index (χ1v) is 6.48. The predicted octanol–water partition coefficient (Wildman–Crippen LogP) is 1.83. The topological polar surface area (TPSA) is 80.4 Å². The summed E-state index contributed by atoms with van der Waals surface area (Å²) in [5.74, 6) is 0.414. The normalized spacial score (nSPS) is 22.2. The Labute approximate surface area is 110 Å². The van der Waals surface area contributed by atoms with Crippen LogP contribution in [0.4, 0.5) is 0 Å². The summed E-state index contributed by atoms with van der Waals surface area (Å²) in [6.07, 6.45) is 5.40. The highest BCUT2D eigenvalue weighted by Crippen LogP contribution is 2.50. The van der Waals surface area contributed by atoms with Crippen molar-refractivity contribution in [3.63, 3.8) is 0 Å². The van der Waals surface area contributed by atoms with Gasteiger partial charge < -0.3 is 15.6 Å². The molecule has 0 aromatic carbocycles. The van der Waals surface area contributed by atoms with Gasteiger partial charge in [-0.05, 0) is 51.9 Å². The third-order valence-electron chi connectivity index (χ3n) is 3.21. The zero-order valence-corrected chi connectivity index (χ0v) is 11.9. The molecular formula is C14H27NO3. The summed E-state index contributed by atoms with van der Waals surface area (Å²) >= 11 is 0. The van der Waals surface area contributed by atoms with Crippen molar-refractivity contribution in [2.24, 2.45) is 11.1 Å². The molecule has 4 nitrogen and oxygen atoms in total. The van der Waals surface area contributed by atoms with E-state index in [1.54, 1.807) is 0 Å². The van der Waals surface area contributed by atoms with E-state index in [0.29, 0.717) is 11.2 Å². The fourth-order valence-corrected chi connectivity index (χ4v) is 2.41. The molecule has 2 saturated carbocycles. The molecule has 0 aromatic rings. The van der Waals surface area contributed by atoms with Crippen molar-refractivity contribution in [1.29, 1.82) is 0 Å². The molecule has 4 heteroatoms. The molecule has 2 rings (SSSR count). The summed E-state index contributed by atoms with van der Waals surface area (Å²) in [5, 5.41) is 9.15. The van der Waals surface area contributed by atoms with Gasteiger partial charge in [-0.15, -0.1) is 0 Å². The number of hydrogen-bond acceptors (Lipinski definition) is 4. The molecule has 18 heavy (non-hydrogen) atoms. The maximum Gasteiger partial charge on any atom is 0.132 e. The van der Waals surface area contributed by atoms with Crippen LogP contribution in [-0.4, -0.2) is 29.3 Å². The maximum atomic E-state index is 10.9. The van der Waals surface area contributed by atoms with Crippen LogP contribution in [0, 0.1) is 5.41 Å². The number of rotatable bonds is 0. The van der Waals surface area contributed by atoms with E-state index in [1.807, 2.05) is 27.6 Å². The van der Waals surface area contributed by atoms with Gasteiger partial charge in [-0.25, -0.2) is 0 Å². The van der Waals surface area contributed by atoms with Gasteiger partial charge in [0, 0.05) is 18.4 Å². The van der Waals surface area contributed by atoms with E-state index in [2.05, 4.69) is 0 Å². The molecule has 0 atom stereocenters. The Morgan fingerprint density at radius 1 is 1.22 bits per heavy atom. The van der Waals surface area contributed by atoms with Crippen LogP contribution in [0.5, 0.6) is 0 Å². The average molecular weight is 257 g/mol. The highest BCUT2D eigenvalue weighted by molar-refractivity contribution is 5.79. The second-order valence-corrected chi connectivity index (χ2v) is 6.47. The lowest BCUT2D eigenvalue weighted by Gasteiger charge is -2.47. The summed E-state index contributed by atoms with van der Waals surface area (Å²) in [4.78, 5) is 18.9. The molecule has 0 bridgehead atoms. The van der Waals surface area contributed by atoms with Gasteiger partial charge in [0.2, 0.25) is 0 Å². The number of ketones is 1. The van der Waals surface area contributed by atoms with Gasteiger partial charge in [0.25, 0.3) is 0 Å². The zero-order chi connectivity index (χ0) is 14.4. The molecule has 106 valence electrons. The van der Waals surface area contributed by atoms with E-state index in [0.717, 1.165) is 38.5 Å². The summed E-state index contributed by atoms with van der Waals surface area (Å²) in [7, 11) is 0. The second-order valence-electron chi connectivity index (χ2n) is 6.47. The summed E-state index contributed by atoms with van der Waals surface area (Å²) in [5.41, 5.74) is 5.74. The van der Waals surface area contributed by atoms with Crippen LogP contribution < -0.4 is 5.73 Å². The van der Waals surface area contributed by atoms with Gasteiger partial charge in [0.15, 0.2) is 0 Å². The van der Waals surface area contributed by atoms with E-state index in [9.17, 15) is 4.79 Å². The van der Waals surface area contributed by atoms with Crippen molar-refractivity contribution >= 4 is 12.6 Å². The third kappa shape index (κ3) is 6.87. The first-order valence-electron chi connectivity index (χ1n) is 6.48. The summed E-state index contributed by atoms with van der Waals surface area (Å²) < 4.78 is 0. The van der Waals surface area contributed by atoms with Gasteiger partial charge in [-0.1, -0.05) is 0 Å². The Balaban J connectivity index is 0.000000354. The van der Waals surface area contributed by atoms with E-state index >= 15 is 0 Å². The second kappa shape index (κ2) is 7.00. The van der Waals surface area contributed by atoms with E-state index in [1.165, 1.54) is 0 Å². The van der Waals surface area contributed by atoms with Crippen molar-refractivity contribution in [2.45, 2.75) is 70.9 Å². The first kappa shape index (κ1) is 17.3. The average Bonchev–Trinajstić information content (AvgIpc) is 2.21. The number of nitrogens with two attached hydrogens (primary N) is 1. The van der Waals surface area contributed by atoms with Gasteiger partial charge in [-0.2, -0.15) is 0 Å². The molecule has 0 heterocycles. The first-order chi connectivity index (χ1) is 8.20. The van der Waals surface area contributed by atoms with E-state index in [4.69, 9.17) is 15.6 Å². The number of aliphatic hydroxyl groups is 1. The SMILES string of the molecule is C=O.CC(C)(C)N.O=C1CCC2(CC1)CC(O)C2.